The minimum atomic E-state index is -0.139. The SMILES string of the molecule is CCOc1ccc(CN(C)C(=O)c2ccccc2N(C)C(=O)c2cccs2)cc1. The molecule has 0 bridgehead atoms. The summed E-state index contributed by atoms with van der Waals surface area (Å²) in [5.41, 5.74) is 2.09. The number of ether oxygens (including phenoxy) is 1. The van der Waals surface area contributed by atoms with Gasteiger partial charge >= 0.3 is 0 Å². The van der Waals surface area contributed by atoms with Gasteiger partial charge in [-0.15, -0.1) is 11.3 Å². The average Bonchev–Trinajstić information content (AvgIpc) is 3.28. The van der Waals surface area contributed by atoms with E-state index in [2.05, 4.69) is 0 Å². The van der Waals surface area contributed by atoms with Crippen molar-refractivity contribution in [3.8, 4) is 5.75 Å². The molecule has 150 valence electrons. The number of para-hydroxylation sites is 1. The smallest absolute Gasteiger partial charge is 0.268 e. The van der Waals surface area contributed by atoms with Gasteiger partial charge in [-0.05, 0) is 48.2 Å². The molecule has 5 nitrogen and oxygen atoms in total. The van der Waals surface area contributed by atoms with Gasteiger partial charge in [-0.3, -0.25) is 9.59 Å². The Balaban J connectivity index is 1.77. The van der Waals surface area contributed by atoms with E-state index >= 15 is 0 Å². The molecule has 0 aliphatic rings. The van der Waals surface area contributed by atoms with Gasteiger partial charge in [0.15, 0.2) is 0 Å². The molecule has 3 rings (SSSR count). The van der Waals surface area contributed by atoms with Gasteiger partial charge < -0.3 is 14.5 Å². The van der Waals surface area contributed by atoms with Crippen molar-refractivity contribution in [1.29, 1.82) is 0 Å². The Hall–Kier alpha value is -3.12. The van der Waals surface area contributed by atoms with E-state index in [0.29, 0.717) is 29.3 Å². The Labute approximate surface area is 175 Å². The Kier molecular flexibility index (Phi) is 6.67. The van der Waals surface area contributed by atoms with Crippen LogP contribution in [0, 0.1) is 0 Å². The second-order valence-electron chi connectivity index (χ2n) is 6.60. The van der Waals surface area contributed by atoms with Gasteiger partial charge in [0, 0.05) is 20.6 Å². The molecule has 0 aliphatic heterocycles. The minimum Gasteiger partial charge on any atom is -0.494 e. The molecule has 0 radical (unpaired) electrons. The van der Waals surface area contributed by atoms with Crippen LogP contribution in [0.2, 0.25) is 0 Å². The molecule has 1 heterocycles. The highest BCUT2D eigenvalue weighted by Gasteiger charge is 2.22. The van der Waals surface area contributed by atoms with Gasteiger partial charge in [0.2, 0.25) is 0 Å². The lowest BCUT2D eigenvalue weighted by molar-refractivity contribution is 0.0786. The number of hydrogen-bond donors (Lipinski definition) is 0. The van der Waals surface area contributed by atoms with Crippen LogP contribution in [0.4, 0.5) is 5.69 Å². The van der Waals surface area contributed by atoms with Gasteiger partial charge in [-0.1, -0.05) is 30.3 Å². The number of carbonyl (C=O) groups is 2. The zero-order chi connectivity index (χ0) is 20.8. The monoisotopic (exact) mass is 408 g/mol. The summed E-state index contributed by atoms with van der Waals surface area (Å²) < 4.78 is 5.46. The number of amides is 2. The first-order valence-corrected chi connectivity index (χ1v) is 10.3. The molecule has 6 heteroatoms. The van der Waals surface area contributed by atoms with Gasteiger partial charge in [0.05, 0.1) is 22.7 Å². The lowest BCUT2D eigenvalue weighted by atomic mass is 10.1. The van der Waals surface area contributed by atoms with Gasteiger partial charge in [-0.25, -0.2) is 0 Å². The van der Waals surface area contributed by atoms with Gasteiger partial charge in [0.1, 0.15) is 5.75 Å². The van der Waals surface area contributed by atoms with Gasteiger partial charge in [0.25, 0.3) is 11.8 Å². The van der Waals surface area contributed by atoms with E-state index < -0.39 is 0 Å². The summed E-state index contributed by atoms with van der Waals surface area (Å²) in [5.74, 6) is 0.541. The van der Waals surface area contributed by atoms with Crippen molar-refractivity contribution in [2.45, 2.75) is 13.5 Å². The molecule has 0 saturated heterocycles. The highest BCUT2D eigenvalue weighted by atomic mass is 32.1. The van der Waals surface area contributed by atoms with E-state index in [1.54, 1.807) is 37.2 Å². The fourth-order valence-corrected chi connectivity index (χ4v) is 3.73. The van der Waals surface area contributed by atoms with E-state index in [4.69, 9.17) is 4.74 Å². The number of anilines is 1. The second-order valence-corrected chi connectivity index (χ2v) is 7.54. The number of hydrogen-bond acceptors (Lipinski definition) is 4. The van der Waals surface area contributed by atoms with Crippen molar-refractivity contribution < 1.29 is 14.3 Å². The molecular formula is C23H24N2O3S. The zero-order valence-corrected chi connectivity index (χ0v) is 17.6. The summed E-state index contributed by atoms with van der Waals surface area (Å²) in [6.45, 7) is 3.02. The highest BCUT2D eigenvalue weighted by molar-refractivity contribution is 7.12. The summed E-state index contributed by atoms with van der Waals surface area (Å²) in [7, 11) is 3.46. The fraction of sp³-hybridized carbons (Fsp3) is 0.217. The van der Waals surface area contributed by atoms with Crippen LogP contribution in [0.5, 0.6) is 5.75 Å². The largest absolute Gasteiger partial charge is 0.494 e. The van der Waals surface area contributed by atoms with Crippen LogP contribution in [0.3, 0.4) is 0 Å². The van der Waals surface area contributed by atoms with E-state index in [0.717, 1.165) is 11.3 Å². The van der Waals surface area contributed by atoms with Crippen LogP contribution in [0.25, 0.3) is 0 Å². The first kappa shape index (κ1) is 20.6. The van der Waals surface area contributed by atoms with E-state index in [1.807, 2.05) is 54.8 Å². The molecule has 2 aromatic carbocycles. The van der Waals surface area contributed by atoms with Crippen molar-refractivity contribution in [2.24, 2.45) is 0 Å². The lowest BCUT2D eigenvalue weighted by Gasteiger charge is -2.23. The minimum absolute atomic E-state index is 0.130. The van der Waals surface area contributed by atoms with Crippen molar-refractivity contribution in [3.05, 3.63) is 82.0 Å². The summed E-state index contributed by atoms with van der Waals surface area (Å²) in [6.07, 6.45) is 0. The molecule has 0 saturated carbocycles. The fourth-order valence-electron chi connectivity index (χ4n) is 3.03. The third-order valence-corrected chi connectivity index (χ3v) is 5.39. The topological polar surface area (TPSA) is 49.9 Å². The standard InChI is InChI=1S/C23H24N2O3S/c1-4-28-18-13-11-17(12-14-18)16-24(2)22(26)19-8-5-6-9-20(19)25(3)23(27)21-10-7-15-29-21/h5-15H,4,16H2,1-3H3. The predicted molar refractivity (Wildman–Crippen MR) is 117 cm³/mol. The van der Waals surface area contributed by atoms with Crippen molar-refractivity contribution in [3.63, 3.8) is 0 Å². The Morgan fingerprint density at radius 1 is 0.931 bits per heavy atom. The molecule has 29 heavy (non-hydrogen) atoms. The van der Waals surface area contributed by atoms with Crippen LogP contribution in [-0.4, -0.2) is 37.4 Å². The molecule has 0 unspecified atom stereocenters. The molecule has 0 fully saturated rings. The van der Waals surface area contributed by atoms with Crippen LogP contribution >= 0.6 is 11.3 Å². The van der Waals surface area contributed by atoms with E-state index in [-0.39, 0.29) is 11.8 Å². The normalized spacial score (nSPS) is 10.4. The molecular weight excluding hydrogens is 384 g/mol. The molecule has 1 aromatic heterocycles. The van der Waals surface area contributed by atoms with Crippen molar-refractivity contribution in [2.75, 3.05) is 25.6 Å². The second kappa shape index (κ2) is 9.39. The van der Waals surface area contributed by atoms with Gasteiger partial charge in [-0.2, -0.15) is 0 Å². The Morgan fingerprint density at radius 2 is 1.66 bits per heavy atom. The molecule has 0 N–H and O–H groups in total. The summed E-state index contributed by atoms with van der Waals surface area (Å²) in [5, 5.41) is 1.86. The Morgan fingerprint density at radius 3 is 2.31 bits per heavy atom. The first-order valence-electron chi connectivity index (χ1n) is 9.39. The first-order chi connectivity index (χ1) is 14.0. The predicted octanol–water partition coefficient (Wildman–Crippen LogP) is 4.70. The number of thiophene rings is 1. The maximum Gasteiger partial charge on any atom is 0.268 e. The maximum atomic E-state index is 13.1. The number of carbonyl (C=O) groups excluding carboxylic acids is 2. The number of rotatable bonds is 7. The average molecular weight is 409 g/mol. The van der Waals surface area contributed by atoms with E-state index in [1.165, 1.54) is 16.2 Å². The van der Waals surface area contributed by atoms with Crippen molar-refractivity contribution in [1.82, 2.24) is 4.90 Å². The third-order valence-electron chi connectivity index (χ3n) is 4.53. The molecule has 0 atom stereocenters. The van der Waals surface area contributed by atoms with Crippen LogP contribution < -0.4 is 9.64 Å². The summed E-state index contributed by atoms with van der Waals surface area (Å²) in [6, 6.07) is 18.5. The van der Waals surface area contributed by atoms with Crippen LogP contribution in [0.15, 0.2) is 66.0 Å². The quantitative estimate of drug-likeness (QED) is 0.570. The summed E-state index contributed by atoms with van der Waals surface area (Å²) >= 11 is 1.38. The summed E-state index contributed by atoms with van der Waals surface area (Å²) in [4.78, 5) is 29.7. The zero-order valence-electron chi connectivity index (χ0n) is 16.8. The van der Waals surface area contributed by atoms with Crippen LogP contribution in [-0.2, 0) is 6.54 Å². The third kappa shape index (κ3) is 4.84. The van der Waals surface area contributed by atoms with Crippen LogP contribution in [0.1, 0.15) is 32.5 Å². The number of nitrogens with zero attached hydrogens (tertiary/aromatic N) is 2. The highest BCUT2D eigenvalue weighted by Crippen LogP contribution is 2.24. The number of benzene rings is 2. The molecule has 3 aromatic rings. The molecule has 2 amide bonds. The Bertz CT molecular complexity index is 968. The molecule has 0 spiro atoms. The molecule has 0 aliphatic carbocycles. The lowest BCUT2D eigenvalue weighted by Crippen LogP contribution is -2.31. The maximum absolute atomic E-state index is 13.1. The van der Waals surface area contributed by atoms with Crippen molar-refractivity contribution >= 4 is 28.8 Å². The van der Waals surface area contributed by atoms with E-state index in [9.17, 15) is 9.59 Å².